The third-order valence-corrected chi connectivity index (χ3v) is 4.54. The minimum atomic E-state index is 0.306. The van der Waals surface area contributed by atoms with Gasteiger partial charge in [-0.25, -0.2) is 0 Å². The first-order chi connectivity index (χ1) is 8.65. The lowest BCUT2D eigenvalue weighted by Gasteiger charge is -2.26. The van der Waals surface area contributed by atoms with E-state index in [9.17, 15) is 5.11 Å². The Morgan fingerprint density at radius 1 is 1.28 bits per heavy atom. The van der Waals surface area contributed by atoms with Crippen molar-refractivity contribution < 1.29 is 5.11 Å². The topological polar surface area (TPSA) is 32.3 Å². The minimum Gasteiger partial charge on any atom is -0.507 e. The van der Waals surface area contributed by atoms with Crippen molar-refractivity contribution in [1.82, 2.24) is 5.32 Å². The molecule has 2 N–H and O–H groups in total. The van der Waals surface area contributed by atoms with Gasteiger partial charge in [0.1, 0.15) is 5.75 Å². The molecule has 0 aliphatic heterocycles. The third kappa shape index (κ3) is 3.99. The maximum atomic E-state index is 9.43. The summed E-state index contributed by atoms with van der Waals surface area (Å²) in [4.78, 5) is 0. The first kappa shape index (κ1) is 13.9. The fourth-order valence-electron chi connectivity index (χ4n) is 2.61. The van der Waals surface area contributed by atoms with Gasteiger partial charge in [0.2, 0.25) is 0 Å². The van der Waals surface area contributed by atoms with E-state index in [2.05, 4.69) is 28.2 Å². The number of hydrogen-bond acceptors (Lipinski definition) is 2. The number of benzene rings is 1. The van der Waals surface area contributed by atoms with Crippen LogP contribution >= 0.6 is 15.9 Å². The second-order valence-electron chi connectivity index (χ2n) is 5.54. The van der Waals surface area contributed by atoms with Gasteiger partial charge in [-0.15, -0.1) is 0 Å². The molecule has 0 unspecified atom stereocenters. The van der Waals surface area contributed by atoms with Gasteiger partial charge in [-0.2, -0.15) is 0 Å². The molecule has 2 rings (SSSR count). The zero-order chi connectivity index (χ0) is 13.0. The van der Waals surface area contributed by atoms with Crippen molar-refractivity contribution in [3.05, 3.63) is 28.2 Å². The van der Waals surface area contributed by atoms with Crippen LogP contribution in [0.4, 0.5) is 0 Å². The number of aromatic hydroxyl groups is 1. The van der Waals surface area contributed by atoms with E-state index in [1.807, 2.05) is 12.1 Å². The van der Waals surface area contributed by atoms with Crippen LogP contribution in [0.5, 0.6) is 5.75 Å². The molecular weight excluding hydrogens is 290 g/mol. The van der Waals surface area contributed by atoms with E-state index >= 15 is 0 Å². The summed E-state index contributed by atoms with van der Waals surface area (Å²) in [6, 6.07) is 5.69. The molecule has 1 fully saturated rings. The van der Waals surface area contributed by atoms with Crippen molar-refractivity contribution >= 4 is 15.9 Å². The summed E-state index contributed by atoms with van der Waals surface area (Å²) in [6.45, 7) is 4.35. The summed E-state index contributed by atoms with van der Waals surface area (Å²) in [5.74, 6) is 2.08. The minimum absolute atomic E-state index is 0.306. The first-order valence-electron chi connectivity index (χ1n) is 6.83. The monoisotopic (exact) mass is 311 g/mol. The molecule has 0 saturated heterocycles. The molecule has 0 atom stereocenters. The Balaban J connectivity index is 1.73. The van der Waals surface area contributed by atoms with Crippen molar-refractivity contribution in [3.8, 4) is 5.75 Å². The molecule has 0 aromatic heterocycles. The fourth-order valence-corrected chi connectivity index (χ4v) is 3.04. The van der Waals surface area contributed by atoms with Crippen molar-refractivity contribution in [2.45, 2.75) is 39.2 Å². The molecule has 0 amide bonds. The van der Waals surface area contributed by atoms with Crippen molar-refractivity contribution in [3.63, 3.8) is 0 Å². The highest BCUT2D eigenvalue weighted by atomic mass is 79.9. The van der Waals surface area contributed by atoms with Gasteiger partial charge < -0.3 is 10.4 Å². The molecule has 100 valence electrons. The summed E-state index contributed by atoms with van der Waals surface area (Å²) in [6.07, 6.45) is 5.51. The Morgan fingerprint density at radius 3 is 2.67 bits per heavy atom. The van der Waals surface area contributed by atoms with E-state index < -0.39 is 0 Å². The summed E-state index contributed by atoms with van der Waals surface area (Å²) in [5, 5.41) is 13.0. The van der Waals surface area contributed by atoms with E-state index in [0.29, 0.717) is 5.75 Å². The first-order valence-corrected chi connectivity index (χ1v) is 7.62. The molecule has 1 saturated carbocycles. The number of phenols is 1. The molecule has 0 heterocycles. The van der Waals surface area contributed by atoms with Crippen LogP contribution in [0.25, 0.3) is 0 Å². The average molecular weight is 312 g/mol. The molecule has 0 radical (unpaired) electrons. The van der Waals surface area contributed by atoms with Gasteiger partial charge in [0.25, 0.3) is 0 Å². The van der Waals surface area contributed by atoms with Crippen LogP contribution in [0.3, 0.4) is 0 Å². The van der Waals surface area contributed by atoms with E-state index in [1.54, 1.807) is 6.07 Å². The van der Waals surface area contributed by atoms with Crippen molar-refractivity contribution in [1.29, 1.82) is 0 Å². The highest BCUT2D eigenvalue weighted by Crippen LogP contribution is 2.28. The van der Waals surface area contributed by atoms with Gasteiger partial charge in [-0.05, 0) is 64.8 Å². The molecule has 1 aliphatic rings. The Labute approximate surface area is 118 Å². The van der Waals surface area contributed by atoms with Gasteiger partial charge in [0.15, 0.2) is 0 Å². The summed E-state index contributed by atoms with van der Waals surface area (Å²) in [5.41, 5.74) is 1.21. The molecular formula is C15H22BrNO. The van der Waals surface area contributed by atoms with Crippen molar-refractivity contribution in [2.75, 3.05) is 6.54 Å². The molecule has 3 heteroatoms. The molecule has 18 heavy (non-hydrogen) atoms. The number of hydrogen-bond donors (Lipinski definition) is 2. The van der Waals surface area contributed by atoms with Gasteiger partial charge in [0.05, 0.1) is 4.47 Å². The number of halogens is 1. The van der Waals surface area contributed by atoms with Gasteiger partial charge in [0, 0.05) is 6.54 Å². The van der Waals surface area contributed by atoms with Crippen LogP contribution in [-0.4, -0.2) is 11.7 Å². The molecule has 1 aromatic rings. The smallest absolute Gasteiger partial charge is 0.129 e. The highest BCUT2D eigenvalue weighted by Gasteiger charge is 2.17. The summed E-state index contributed by atoms with van der Waals surface area (Å²) in [7, 11) is 0. The zero-order valence-electron chi connectivity index (χ0n) is 11.0. The number of nitrogens with one attached hydrogen (secondary N) is 1. The highest BCUT2D eigenvalue weighted by molar-refractivity contribution is 9.10. The normalized spacial score (nSPS) is 24.1. The number of phenolic OH excluding ortho intramolecular Hbond substituents is 1. The van der Waals surface area contributed by atoms with Gasteiger partial charge in [-0.1, -0.05) is 25.8 Å². The Hall–Kier alpha value is -0.540. The fraction of sp³-hybridized carbons (Fsp3) is 0.600. The maximum absolute atomic E-state index is 9.43. The van der Waals surface area contributed by atoms with Crippen LogP contribution in [-0.2, 0) is 6.54 Å². The molecule has 2 nitrogen and oxygen atoms in total. The van der Waals surface area contributed by atoms with E-state index in [-0.39, 0.29) is 0 Å². The zero-order valence-corrected chi connectivity index (χ0v) is 12.5. The largest absolute Gasteiger partial charge is 0.507 e. The van der Waals surface area contributed by atoms with Crippen LogP contribution in [0, 0.1) is 11.8 Å². The van der Waals surface area contributed by atoms with E-state index in [1.165, 1.54) is 31.2 Å². The Kier molecular flexibility index (Phi) is 5.07. The van der Waals surface area contributed by atoms with Crippen LogP contribution in [0.1, 0.15) is 38.2 Å². The second-order valence-corrected chi connectivity index (χ2v) is 6.40. The summed E-state index contributed by atoms with van der Waals surface area (Å²) < 4.78 is 0.772. The van der Waals surface area contributed by atoms with Crippen LogP contribution < -0.4 is 5.32 Å². The second kappa shape index (κ2) is 6.58. The lowest BCUT2D eigenvalue weighted by Crippen LogP contribution is -2.25. The van der Waals surface area contributed by atoms with E-state index in [0.717, 1.165) is 29.4 Å². The molecule has 1 aliphatic carbocycles. The number of rotatable bonds is 4. The maximum Gasteiger partial charge on any atom is 0.129 e. The van der Waals surface area contributed by atoms with Crippen molar-refractivity contribution in [2.24, 2.45) is 11.8 Å². The quantitative estimate of drug-likeness (QED) is 0.878. The predicted octanol–water partition coefficient (Wildman–Crippen LogP) is 4.07. The lowest BCUT2D eigenvalue weighted by molar-refractivity contribution is 0.281. The molecule has 0 bridgehead atoms. The summed E-state index contributed by atoms with van der Waals surface area (Å²) >= 11 is 3.34. The SMILES string of the molecule is CC1CCC(CNCc2ccc(O)c(Br)c2)CC1. The van der Waals surface area contributed by atoms with Gasteiger partial charge >= 0.3 is 0 Å². The van der Waals surface area contributed by atoms with Crippen LogP contribution in [0.15, 0.2) is 22.7 Å². The van der Waals surface area contributed by atoms with E-state index in [4.69, 9.17) is 0 Å². The Bertz CT molecular complexity index is 386. The predicted molar refractivity (Wildman–Crippen MR) is 78.6 cm³/mol. The van der Waals surface area contributed by atoms with Crippen LogP contribution in [0.2, 0.25) is 0 Å². The molecule has 1 aromatic carbocycles. The Morgan fingerprint density at radius 2 is 2.00 bits per heavy atom. The standard InChI is InChI=1S/C15H22BrNO/c1-11-2-4-12(5-3-11)9-17-10-13-6-7-15(18)14(16)8-13/h6-8,11-12,17-18H,2-5,9-10H2,1H3. The van der Waals surface area contributed by atoms with Gasteiger partial charge in [-0.3, -0.25) is 0 Å². The lowest BCUT2D eigenvalue weighted by atomic mass is 9.83. The molecule has 0 spiro atoms. The average Bonchev–Trinajstić information content (AvgIpc) is 2.36. The third-order valence-electron chi connectivity index (χ3n) is 3.91.